The maximum atomic E-state index is 12.5. The van der Waals surface area contributed by atoms with E-state index in [1.165, 1.54) is 0 Å². The molecule has 2 nitrogen and oxygen atoms in total. The molecule has 0 heterocycles. The minimum absolute atomic E-state index is 0.0410. The van der Waals surface area contributed by atoms with Crippen LogP contribution in [-0.2, 0) is 4.79 Å². The standard InChI is InChI=1S/C15H18Cl3NO.I2/c1-4-14(10(3)15(14,17)18)13(20)19-9(2)11-5-7-12(16)8-6-11;1-2/h5-10H,4H2,1-3H3,(H,19,20);. The molecule has 0 aliphatic heterocycles. The highest BCUT2D eigenvalue weighted by Gasteiger charge is 2.76. The van der Waals surface area contributed by atoms with Crippen molar-refractivity contribution in [2.45, 2.75) is 37.6 Å². The van der Waals surface area contributed by atoms with Gasteiger partial charge in [0.2, 0.25) is 5.91 Å². The topological polar surface area (TPSA) is 29.1 Å². The number of hydrogen-bond acceptors (Lipinski definition) is 1. The number of nitrogens with one attached hydrogen (secondary N) is 1. The predicted molar refractivity (Wildman–Crippen MR) is 112 cm³/mol. The van der Waals surface area contributed by atoms with Crippen molar-refractivity contribution in [2.75, 3.05) is 0 Å². The molecule has 0 bridgehead atoms. The molecule has 7 heteroatoms. The smallest absolute Gasteiger partial charge is 0.230 e. The van der Waals surface area contributed by atoms with Gasteiger partial charge in [0.15, 0.2) is 0 Å². The first-order valence-electron chi connectivity index (χ1n) is 6.86. The van der Waals surface area contributed by atoms with Gasteiger partial charge in [-0.25, -0.2) is 0 Å². The fourth-order valence-corrected chi connectivity index (χ4v) is 4.01. The van der Waals surface area contributed by atoms with E-state index in [0.29, 0.717) is 11.4 Å². The number of amides is 1. The fourth-order valence-electron chi connectivity index (χ4n) is 2.85. The third kappa shape index (κ3) is 3.81. The molecule has 0 radical (unpaired) electrons. The van der Waals surface area contributed by atoms with Gasteiger partial charge in [0.1, 0.15) is 4.33 Å². The maximum absolute atomic E-state index is 12.5. The maximum Gasteiger partial charge on any atom is 0.230 e. The van der Waals surface area contributed by atoms with Crippen LogP contribution in [0.5, 0.6) is 0 Å². The normalized spacial score (nSPS) is 26.5. The highest BCUT2D eigenvalue weighted by Crippen LogP contribution is 2.70. The van der Waals surface area contributed by atoms with Crippen molar-refractivity contribution in [1.29, 1.82) is 0 Å². The summed E-state index contributed by atoms with van der Waals surface area (Å²) in [5.41, 5.74) is 0.314. The molecular formula is C15H18Cl3I2NO. The van der Waals surface area contributed by atoms with Gasteiger partial charge in [-0.15, -0.1) is 23.2 Å². The average Bonchev–Trinajstić information content (AvgIpc) is 2.95. The van der Waals surface area contributed by atoms with Crippen LogP contribution in [0.3, 0.4) is 0 Å². The molecule has 22 heavy (non-hydrogen) atoms. The molecule has 2 rings (SSSR count). The molecule has 1 aromatic carbocycles. The van der Waals surface area contributed by atoms with Gasteiger partial charge < -0.3 is 5.32 Å². The van der Waals surface area contributed by atoms with Crippen LogP contribution in [0.15, 0.2) is 24.3 Å². The number of hydrogen-bond donors (Lipinski definition) is 1. The molecule has 124 valence electrons. The zero-order valence-electron chi connectivity index (χ0n) is 12.5. The van der Waals surface area contributed by atoms with Crippen molar-refractivity contribution >= 4 is 77.9 Å². The Kier molecular flexibility index (Phi) is 8.05. The third-order valence-corrected chi connectivity index (χ3v) is 6.06. The Balaban J connectivity index is 0.00000116. The summed E-state index contributed by atoms with van der Waals surface area (Å²) in [4.78, 5) is 12.5. The van der Waals surface area contributed by atoms with Gasteiger partial charge in [-0.05, 0) is 31.0 Å². The highest BCUT2D eigenvalue weighted by molar-refractivity contribution is 15.0. The lowest BCUT2D eigenvalue weighted by molar-refractivity contribution is -0.127. The molecule has 0 aromatic heterocycles. The van der Waals surface area contributed by atoms with E-state index in [-0.39, 0.29) is 17.9 Å². The lowest BCUT2D eigenvalue weighted by Gasteiger charge is -2.20. The van der Waals surface area contributed by atoms with E-state index in [4.69, 9.17) is 34.8 Å². The van der Waals surface area contributed by atoms with Gasteiger partial charge in [-0.1, -0.05) is 37.6 Å². The molecule has 1 aliphatic carbocycles. The lowest BCUT2D eigenvalue weighted by Crippen LogP contribution is -2.36. The second kappa shape index (κ2) is 8.41. The predicted octanol–water partition coefficient (Wildman–Crippen LogP) is 6.51. The molecule has 1 N–H and O–H groups in total. The Hall–Kier alpha value is 1.02. The first-order chi connectivity index (χ1) is 10.3. The zero-order valence-corrected chi connectivity index (χ0v) is 19.1. The van der Waals surface area contributed by atoms with E-state index in [0.717, 1.165) is 5.56 Å². The summed E-state index contributed by atoms with van der Waals surface area (Å²) in [5.74, 6) is -0.124. The Bertz CT molecular complexity index is 524. The van der Waals surface area contributed by atoms with Crippen molar-refractivity contribution < 1.29 is 4.79 Å². The summed E-state index contributed by atoms with van der Waals surface area (Å²) < 4.78 is -0.967. The second-order valence-electron chi connectivity index (χ2n) is 5.42. The molecule has 3 unspecified atom stereocenters. The zero-order chi connectivity index (χ0) is 17.1. The lowest BCUT2D eigenvalue weighted by atomic mass is 9.98. The number of alkyl halides is 2. The Labute approximate surface area is 170 Å². The molecule has 0 spiro atoms. The molecular weight excluding hydrogens is 570 g/mol. The first kappa shape index (κ1) is 21.1. The monoisotopic (exact) mass is 587 g/mol. The summed E-state index contributed by atoms with van der Waals surface area (Å²) in [6, 6.07) is 7.30. The van der Waals surface area contributed by atoms with E-state index in [1.807, 2.05) is 45.0 Å². The van der Waals surface area contributed by atoms with Crippen molar-refractivity contribution in [2.24, 2.45) is 11.3 Å². The summed E-state index contributed by atoms with van der Waals surface area (Å²) in [6.07, 6.45) is 0.625. The molecule has 1 aromatic rings. The van der Waals surface area contributed by atoms with Crippen LogP contribution >= 0.6 is 72.0 Å². The van der Waals surface area contributed by atoms with Gasteiger partial charge in [-0.2, -0.15) is 0 Å². The minimum Gasteiger partial charge on any atom is -0.349 e. The highest BCUT2D eigenvalue weighted by atomic mass is 128. The third-order valence-electron chi connectivity index (χ3n) is 4.47. The number of benzene rings is 1. The largest absolute Gasteiger partial charge is 0.349 e. The summed E-state index contributed by atoms with van der Waals surface area (Å²) in [5, 5.41) is 3.68. The number of rotatable bonds is 4. The van der Waals surface area contributed by atoms with Crippen LogP contribution in [0.2, 0.25) is 5.02 Å². The van der Waals surface area contributed by atoms with E-state index < -0.39 is 9.75 Å². The molecule has 0 saturated heterocycles. The van der Waals surface area contributed by atoms with Gasteiger partial charge in [-0.3, -0.25) is 4.79 Å². The Morgan fingerprint density at radius 2 is 1.77 bits per heavy atom. The molecule has 1 saturated carbocycles. The van der Waals surface area contributed by atoms with E-state index in [2.05, 4.69) is 42.5 Å². The van der Waals surface area contributed by atoms with E-state index in [9.17, 15) is 4.79 Å². The van der Waals surface area contributed by atoms with Crippen LogP contribution in [0.1, 0.15) is 38.8 Å². The van der Waals surface area contributed by atoms with Crippen molar-refractivity contribution in [1.82, 2.24) is 5.32 Å². The molecule has 3 atom stereocenters. The SMILES string of the molecule is CCC1(C(=O)NC(C)c2ccc(Cl)cc2)C(C)C1(Cl)Cl.II. The molecule has 1 amide bonds. The quantitative estimate of drug-likeness (QED) is 0.316. The first-order valence-corrected chi connectivity index (χ1v) is 14.3. The second-order valence-corrected chi connectivity index (χ2v) is 7.24. The summed E-state index contributed by atoms with van der Waals surface area (Å²) in [7, 11) is 0. The Morgan fingerprint density at radius 3 is 2.14 bits per heavy atom. The van der Waals surface area contributed by atoms with Gasteiger partial charge in [0.25, 0.3) is 0 Å². The van der Waals surface area contributed by atoms with Crippen LogP contribution in [-0.4, -0.2) is 10.2 Å². The fraction of sp³-hybridized carbons (Fsp3) is 0.533. The summed E-state index contributed by atoms with van der Waals surface area (Å²) >= 11 is 22.6. The summed E-state index contributed by atoms with van der Waals surface area (Å²) in [6.45, 7) is 5.78. The van der Waals surface area contributed by atoms with Crippen LogP contribution in [0.25, 0.3) is 0 Å². The average molecular weight is 588 g/mol. The number of halogens is 5. The molecule has 1 fully saturated rings. The van der Waals surface area contributed by atoms with E-state index >= 15 is 0 Å². The van der Waals surface area contributed by atoms with Crippen LogP contribution in [0, 0.1) is 11.3 Å². The van der Waals surface area contributed by atoms with Crippen LogP contribution in [0.4, 0.5) is 0 Å². The van der Waals surface area contributed by atoms with Gasteiger partial charge in [0.05, 0.1) is 11.5 Å². The van der Waals surface area contributed by atoms with Crippen molar-refractivity contribution in [3.63, 3.8) is 0 Å². The van der Waals surface area contributed by atoms with Gasteiger partial charge in [0, 0.05) is 48.2 Å². The minimum atomic E-state index is -0.967. The van der Waals surface area contributed by atoms with E-state index in [1.54, 1.807) is 0 Å². The van der Waals surface area contributed by atoms with Crippen molar-refractivity contribution in [3.8, 4) is 0 Å². The van der Waals surface area contributed by atoms with Crippen molar-refractivity contribution in [3.05, 3.63) is 34.9 Å². The number of carbonyl (C=O) groups is 1. The van der Waals surface area contributed by atoms with Crippen LogP contribution < -0.4 is 5.32 Å². The Morgan fingerprint density at radius 1 is 1.32 bits per heavy atom. The number of carbonyl (C=O) groups excluding carboxylic acids is 1. The molecule has 1 aliphatic rings. The van der Waals surface area contributed by atoms with Gasteiger partial charge >= 0.3 is 0 Å².